The summed E-state index contributed by atoms with van der Waals surface area (Å²) in [5, 5.41) is 4.56. The fraction of sp³-hybridized carbons (Fsp3) is 0.222. The van der Waals surface area contributed by atoms with Gasteiger partial charge >= 0.3 is 0 Å². The van der Waals surface area contributed by atoms with E-state index in [-0.39, 0.29) is 11.6 Å². The van der Waals surface area contributed by atoms with Gasteiger partial charge in [0.25, 0.3) is 0 Å². The van der Waals surface area contributed by atoms with Crippen molar-refractivity contribution in [3.63, 3.8) is 0 Å². The highest BCUT2D eigenvalue weighted by atomic mass is 32.1. The molecule has 35 heavy (non-hydrogen) atoms. The Kier molecular flexibility index (Phi) is 5.45. The van der Waals surface area contributed by atoms with Crippen LogP contribution >= 0.6 is 11.3 Å². The van der Waals surface area contributed by atoms with E-state index in [1.165, 1.54) is 24.9 Å². The summed E-state index contributed by atoms with van der Waals surface area (Å²) in [5.41, 5.74) is 2.39. The van der Waals surface area contributed by atoms with Crippen molar-refractivity contribution in [3.05, 3.63) is 66.7 Å². The van der Waals surface area contributed by atoms with Crippen LogP contribution in [0.5, 0.6) is 5.75 Å². The lowest BCUT2D eigenvalue weighted by molar-refractivity contribution is 0.387. The molecule has 1 N–H and O–H groups in total. The Morgan fingerprint density at radius 3 is 2.60 bits per heavy atom. The van der Waals surface area contributed by atoms with Crippen molar-refractivity contribution in [3.8, 4) is 39.0 Å². The van der Waals surface area contributed by atoms with Gasteiger partial charge in [-0.3, -0.25) is 0 Å². The molecule has 3 aromatic heterocycles. The van der Waals surface area contributed by atoms with E-state index in [1.807, 2.05) is 54.2 Å². The second kappa shape index (κ2) is 8.78. The third-order valence-electron chi connectivity index (χ3n) is 6.51. The zero-order valence-electron chi connectivity index (χ0n) is 19.5. The van der Waals surface area contributed by atoms with Gasteiger partial charge in [-0.1, -0.05) is 42.5 Å². The number of aromatic nitrogens is 4. The van der Waals surface area contributed by atoms with Gasteiger partial charge in [-0.2, -0.15) is 0 Å². The van der Waals surface area contributed by atoms with Crippen LogP contribution in [0.3, 0.4) is 0 Å². The Morgan fingerprint density at radius 1 is 1.09 bits per heavy atom. The number of rotatable bonds is 6. The molecule has 0 radical (unpaired) electrons. The molecule has 1 saturated carbocycles. The fourth-order valence-corrected chi connectivity index (χ4v) is 5.66. The van der Waals surface area contributed by atoms with Crippen LogP contribution in [0.4, 0.5) is 10.2 Å². The summed E-state index contributed by atoms with van der Waals surface area (Å²) in [6, 6.07) is 15.7. The first-order valence-corrected chi connectivity index (χ1v) is 12.4. The van der Waals surface area contributed by atoms with Crippen molar-refractivity contribution in [2.24, 2.45) is 7.05 Å². The number of hydrogen-bond acceptors (Lipinski definition) is 6. The molecule has 0 aliphatic heterocycles. The molecule has 6 rings (SSSR count). The van der Waals surface area contributed by atoms with Gasteiger partial charge in [0.05, 0.1) is 12.5 Å². The second-order valence-electron chi connectivity index (χ2n) is 8.70. The summed E-state index contributed by atoms with van der Waals surface area (Å²) < 4.78 is 22.7. The second-order valence-corrected chi connectivity index (χ2v) is 9.70. The molecule has 2 aromatic carbocycles. The standard InChI is InChI=1S/C27H24FN5OS/c1-33-15-14-29-26(33)25-31-24(30-17-10-6-11-17)21-20(16-8-4-3-5-9-16)23(35-27(21)32-25)18-12-7-13-19(34-2)22(18)28/h3-5,7-9,12-15,17H,6,10-11H2,1-2H3,(H,30,31,32). The number of thiophene rings is 1. The van der Waals surface area contributed by atoms with Gasteiger partial charge in [0.2, 0.25) is 0 Å². The Labute approximate surface area is 206 Å². The highest BCUT2D eigenvalue weighted by Crippen LogP contribution is 2.48. The first kappa shape index (κ1) is 21.7. The van der Waals surface area contributed by atoms with Crippen LogP contribution < -0.4 is 10.1 Å². The number of fused-ring (bicyclic) bond motifs is 1. The van der Waals surface area contributed by atoms with E-state index >= 15 is 4.39 Å². The summed E-state index contributed by atoms with van der Waals surface area (Å²) in [6.07, 6.45) is 7.02. The monoisotopic (exact) mass is 485 g/mol. The lowest BCUT2D eigenvalue weighted by Gasteiger charge is -2.27. The van der Waals surface area contributed by atoms with Crippen molar-refractivity contribution in [1.82, 2.24) is 19.5 Å². The molecule has 5 aromatic rings. The molecule has 0 atom stereocenters. The van der Waals surface area contributed by atoms with Crippen LogP contribution in [0, 0.1) is 5.82 Å². The van der Waals surface area contributed by atoms with Gasteiger partial charge in [0.1, 0.15) is 10.6 Å². The lowest BCUT2D eigenvalue weighted by Crippen LogP contribution is -2.27. The topological polar surface area (TPSA) is 64.9 Å². The van der Waals surface area contributed by atoms with E-state index in [4.69, 9.17) is 14.7 Å². The van der Waals surface area contributed by atoms with Gasteiger partial charge in [-0.25, -0.2) is 19.3 Å². The van der Waals surface area contributed by atoms with Gasteiger partial charge in [0.15, 0.2) is 23.2 Å². The Morgan fingerprint density at radius 2 is 1.91 bits per heavy atom. The van der Waals surface area contributed by atoms with Gasteiger partial charge < -0.3 is 14.6 Å². The smallest absolute Gasteiger partial charge is 0.199 e. The van der Waals surface area contributed by atoms with Gasteiger partial charge in [-0.15, -0.1) is 11.3 Å². The maximum absolute atomic E-state index is 15.5. The first-order valence-electron chi connectivity index (χ1n) is 11.6. The minimum atomic E-state index is -0.385. The number of nitrogens with zero attached hydrogens (tertiary/aromatic N) is 4. The number of nitrogens with one attached hydrogen (secondary N) is 1. The number of benzene rings is 2. The van der Waals surface area contributed by atoms with Crippen LogP contribution in [0.1, 0.15) is 19.3 Å². The average Bonchev–Trinajstić information content (AvgIpc) is 3.45. The highest BCUT2D eigenvalue weighted by molar-refractivity contribution is 7.22. The van der Waals surface area contributed by atoms with E-state index in [0.717, 1.165) is 44.9 Å². The normalized spacial score (nSPS) is 13.7. The number of ether oxygens (including phenoxy) is 1. The highest BCUT2D eigenvalue weighted by Gasteiger charge is 2.27. The maximum atomic E-state index is 15.5. The third kappa shape index (κ3) is 3.74. The third-order valence-corrected chi connectivity index (χ3v) is 7.63. The molecular formula is C27H24FN5OS. The quantitative estimate of drug-likeness (QED) is 0.296. The number of imidazole rings is 1. The minimum absolute atomic E-state index is 0.214. The SMILES string of the molecule is COc1cccc(-c2sc3nc(-c4nccn4C)nc(NC4CCC4)c3c2-c2ccccc2)c1F. The van der Waals surface area contributed by atoms with Crippen molar-refractivity contribution < 1.29 is 9.13 Å². The molecule has 0 amide bonds. The Bertz CT molecular complexity index is 1520. The molecule has 3 heterocycles. The predicted octanol–water partition coefficient (Wildman–Crippen LogP) is 6.54. The summed E-state index contributed by atoms with van der Waals surface area (Å²) in [4.78, 5) is 15.9. The molecule has 0 spiro atoms. The number of hydrogen-bond donors (Lipinski definition) is 1. The van der Waals surface area contributed by atoms with Crippen molar-refractivity contribution in [2.45, 2.75) is 25.3 Å². The summed E-state index contributed by atoms with van der Waals surface area (Å²) in [6.45, 7) is 0. The van der Waals surface area contributed by atoms with E-state index in [0.29, 0.717) is 23.3 Å². The molecule has 6 nitrogen and oxygen atoms in total. The Balaban J connectivity index is 1.67. The zero-order chi connectivity index (χ0) is 23.9. The van der Waals surface area contributed by atoms with Crippen molar-refractivity contribution >= 4 is 27.4 Å². The number of aryl methyl sites for hydroxylation is 1. The average molecular weight is 486 g/mol. The summed E-state index contributed by atoms with van der Waals surface area (Å²) >= 11 is 1.47. The predicted molar refractivity (Wildman–Crippen MR) is 138 cm³/mol. The molecule has 0 unspecified atom stereocenters. The van der Waals surface area contributed by atoms with E-state index in [9.17, 15) is 0 Å². The maximum Gasteiger partial charge on any atom is 0.199 e. The zero-order valence-corrected chi connectivity index (χ0v) is 20.3. The molecule has 1 aliphatic carbocycles. The van der Waals surface area contributed by atoms with Crippen LogP contribution in [-0.4, -0.2) is 32.7 Å². The molecular weight excluding hydrogens is 461 g/mol. The Hall–Kier alpha value is -3.78. The molecule has 176 valence electrons. The van der Waals surface area contributed by atoms with Crippen molar-refractivity contribution in [2.75, 3.05) is 12.4 Å². The number of halogens is 1. The van der Waals surface area contributed by atoms with Crippen LogP contribution in [0.15, 0.2) is 60.9 Å². The summed E-state index contributed by atoms with van der Waals surface area (Å²) in [5.74, 6) is 1.83. The van der Waals surface area contributed by atoms with Gasteiger partial charge in [0, 0.05) is 41.5 Å². The molecule has 0 bridgehead atoms. The summed E-state index contributed by atoms with van der Waals surface area (Å²) in [7, 11) is 3.41. The van der Waals surface area contributed by atoms with E-state index < -0.39 is 0 Å². The van der Waals surface area contributed by atoms with Crippen molar-refractivity contribution in [1.29, 1.82) is 0 Å². The van der Waals surface area contributed by atoms with Crippen LogP contribution in [0.25, 0.3) is 43.4 Å². The first-order chi connectivity index (χ1) is 17.1. The number of anilines is 1. The number of methoxy groups -OCH3 is 1. The van der Waals surface area contributed by atoms with E-state index in [1.54, 1.807) is 18.3 Å². The van der Waals surface area contributed by atoms with Crippen LogP contribution in [0.2, 0.25) is 0 Å². The van der Waals surface area contributed by atoms with E-state index in [2.05, 4.69) is 10.3 Å². The van der Waals surface area contributed by atoms with Gasteiger partial charge in [-0.05, 0) is 30.9 Å². The molecule has 0 saturated heterocycles. The molecule has 1 fully saturated rings. The fourth-order valence-electron chi connectivity index (χ4n) is 4.45. The molecule has 1 aliphatic rings. The largest absolute Gasteiger partial charge is 0.494 e. The lowest BCUT2D eigenvalue weighted by atomic mass is 9.93. The molecule has 8 heteroatoms. The van der Waals surface area contributed by atoms with Crippen LogP contribution in [-0.2, 0) is 7.05 Å². The minimum Gasteiger partial charge on any atom is -0.494 e.